The van der Waals surface area contributed by atoms with Gasteiger partial charge in [0, 0.05) is 22.7 Å². The average Bonchev–Trinajstić information content (AvgIpc) is 3.37. The van der Waals surface area contributed by atoms with Crippen LogP contribution in [0.3, 0.4) is 0 Å². The number of amidine groups is 1. The van der Waals surface area contributed by atoms with Gasteiger partial charge in [-0.2, -0.15) is 0 Å². The zero-order valence-electron chi connectivity index (χ0n) is 16.8. The first kappa shape index (κ1) is 19.8. The fraction of sp³-hybridized carbons (Fsp3) is 0.182. The Hall–Kier alpha value is -3.52. The van der Waals surface area contributed by atoms with Crippen molar-refractivity contribution in [3.63, 3.8) is 0 Å². The van der Waals surface area contributed by atoms with Gasteiger partial charge in [0.1, 0.15) is 22.4 Å². The van der Waals surface area contributed by atoms with E-state index in [1.807, 2.05) is 35.7 Å². The lowest BCUT2D eigenvalue weighted by Gasteiger charge is -2.20. The molecule has 0 bridgehead atoms. The molecule has 7 nitrogen and oxygen atoms in total. The van der Waals surface area contributed by atoms with Crippen LogP contribution in [0.1, 0.15) is 5.01 Å². The molecule has 30 heavy (non-hydrogen) atoms. The van der Waals surface area contributed by atoms with Crippen LogP contribution >= 0.6 is 11.3 Å². The molecule has 0 atom stereocenters. The van der Waals surface area contributed by atoms with Gasteiger partial charge in [0.25, 0.3) is 0 Å². The molecule has 8 heteroatoms. The van der Waals surface area contributed by atoms with E-state index in [0.29, 0.717) is 22.1 Å². The number of nitrogens with zero attached hydrogens (tertiary/aromatic N) is 2. The number of aliphatic hydroxyl groups excluding tert-OH is 1. The van der Waals surface area contributed by atoms with E-state index >= 15 is 0 Å². The molecule has 0 radical (unpaired) electrons. The molecular formula is C22H21N3O4S. The number of methoxy groups -OCH3 is 3. The van der Waals surface area contributed by atoms with Crippen molar-refractivity contribution in [2.24, 2.45) is 0 Å². The zero-order chi connectivity index (χ0) is 21.3. The molecule has 0 amide bonds. The van der Waals surface area contributed by atoms with E-state index in [4.69, 9.17) is 19.6 Å². The van der Waals surface area contributed by atoms with Gasteiger partial charge in [-0.3, -0.25) is 5.41 Å². The van der Waals surface area contributed by atoms with Crippen LogP contribution in [0.4, 0.5) is 5.69 Å². The van der Waals surface area contributed by atoms with Gasteiger partial charge in [0.2, 0.25) is 0 Å². The first-order valence-corrected chi connectivity index (χ1v) is 10.0. The Morgan fingerprint density at radius 3 is 2.57 bits per heavy atom. The number of aliphatic hydroxyl groups is 1. The Labute approximate surface area is 178 Å². The van der Waals surface area contributed by atoms with Gasteiger partial charge in [0.15, 0.2) is 11.5 Å². The summed E-state index contributed by atoms with van der Waals surface area (Å²) < 4.78 is 15.9. The number of rotatable bonds is 6. The number of hydrogen-bond donors (Lipinski definition) is 2. The first-order chi connectivity index (χ1) is 14.5. The lowest BCUT2D eigenvalue weighted by molar-refractivity contribution is 0.355. The Morgan fingerprint density at radius 1 is 1.03 bits per heavy atom. The van der Waals surface area contributed by atoms with Crippen molar-refractivity contribution in [3.05, 3.63) is 58.6 Å². The molecule has 1 aliphatic rings. The molecule has 0 saturated carbocycles. The van der Waals surface area contributed by atoms with Crippen molar-refractivity contribution >= 4 is 28.4 Å². The number of thiazole rings is 1. The molecule has 0 fully saturated rings. The van der Waals surface area contributed by atoms with Crippen molar-refractivity contribution in [2.45, 2.75) is 0 Å². The van der Waals surface area contributed by atoms with Crippen LogP contribution in [0.25, 0.3) is 16.8 Å². The quantitative estimate of drug-likeness (QED) is 0.602. The standard InChI is InChI=1S/C22H21N3O4S/c1-27-15-6-4-5-13(9-15)16-12-30-22(24-16)20-17(26)11-25(21(20)23)14-7-8-18(28-2)19(10-14)29-3/h4-10,12,23,26H,11H2,1-3H3. The van der Waals surface area contributed by atoms with Crippen molar-refractivity contribution in [1.82, 2.24) is 4.98 Å². The highest BCUT2D eigenvalue weighted by Crippen LogP contribution is 2.37. The lowest BCUT2D eigenvalue weighted by atomic mass is 10.1. The highest BCUT2D eigenvalue weighted by atomic mass is 32.1. The molecule has 2 aromatic carbocycles. The summed E-state index contributed by atoms with van der Waals surface area (Å²) in [5.74, 6) is 2.21. The molecule has 2 heterocycles. The summed E-state index contributed by atoms with van der Waals surface area (Å²) in [6.45, 7) is 0.192. The van der Waals surface area contributed by atoms with Gasteiger partial charge in [-0.25, -0.2) is 4.98 Å². The van der Waals surface area contributed by atoms with Crippen LogP contribution in [0.15, 0.2) is 53.6 Å². The molecular weight excluding hydrogens is 402 g/mol. The molecule has 0 aliphatic carbocycles. The molecule has 0 spiro atoms. The Balaban J connectivity index is 1.63. The maximum absolute atomic E-state index is 10.6. The van der Waals surface area contributed by atoms with E-state index in [9.17, 15) is 5.11 Å². The van der Waals surface area contributed by atoms with Crippen LogP contribution in [-0.2, 0) is 0 Å². The van der Waals surface area contributed by atoms with Gasteiger partial charge in [-0.05, 0) is 24.3 Å². The second-order valence-electron chi connectivity index (χ2n) is 6.57. The topological polar surface area (TPSA) is 87.9 Å². The van der Waals surface area contributed by atoms with E-state index in [1.165, 1.54) is 11.3 Å². The van der Waals surface area contributed by atoms with Crippen LogP contribution in [0, 0.1) is 5.41 Å². The predicted octanol–water partition coefficient (Wildman–Crippen LogP) is 4.60. The number of ether oxygens (including phenoxy) is 3. The van der Waals surface area contributed by atoms with Gasteiger partial charge in [-0.1, -0.05) is 12.1 Å². The third kappa shape index (κ3) is 3.46. The molecule has 0 unspecified atom stereocenters. The number of anilines is 1. The van der Waals surface area contributed by atoms with Crippen LogP contribution in [0.2, 0.25) is 0 Å². The van der Waals surface area contributed by atoms with Gasteiger partial charge < -0.3 is 24.2 Å². The van der Waals surface area contributed by atoms with E-state index in [1.54, 1.807) is 38.4 Å². The summed E-state index contributed by atoms with van der Waals surface area (Å²) >= 11 is 1.39. The maximum Gasteiger partial charge on any atom is 0.162 e. The fourth-order valence-corrected chi connectivity index (χ4v) is 4.22. The van der Waals surface area contributed by atoms with Crippen molar-refractivity contribution < 1.29 is 19.3 Å². The Bertz CT molecular complexity index is 1140. The van der Waals surface area contributed by atoms with E-state index in [2.05, 4.69) is 4.98 Å². The van der Waals surface area contributed by atoms with Gasteiger partial charge >= 0.3 is 0 Å². The molecule has 3 aromatic rings. The fourth-order valence-electron chi connectivity index (χ4n) is 3.32. The minimum absolute atomic E-state index is 0.112. The predicted molar refractivity (Wildman–Crippen MR) is 118 cm³/mol. The highest BCUT2D eigenvalue weighted by molar-refractivity contribution is 7.11. The molecule has 4 rings (SSSR count). The SMILES string of the molecule is COc1cccc(-c2csc(C3=C(O)CN(c4ccc(OC)c(OC)c4)C3=N)n2)c1. The van der Waals surface area contributed by atoms with Crippen molar-refractivity contribution in [1.29, 1.82) is 5.41 Å². The third-order valence-electron chi connectivity index (χ3n) is 4.87. The number of hydrogen-bond acceptors (Lipinski definition) is 7. The summed E-state index contributed by atoms with van der Waals surface area (Å²) in [4.78, 5) is 6.37. The first-order valence-electron chi connectivity index (χ1n) is 9.16. The highest BCUT2D eigenvalue weighted by Gasteiger charge is 2.31. The smallest absolute Gasteiger partial charge is 0.162 e. The average molecular weight is 423 g/mol. The second-order valence-corrected chi connectivity index (χ2v) is 7.42. The zero-order valence-corrected chi connectivity index (χ0v) is 17.6. The molecule has 0 saturated heterocycles. The van der Waals surface area contributed by atoms with Gasteiger partial charge in [-0.15, -0.1) is 11.3 Å². The van der Waals surface area contributed by atoms with E-state index in [0.717, 1.165) is 22.7 Å². The minimum atomic E-state index is 0.112. The largest absolute Gasteiger partial charge is 0.510 e. The summed E-state index contributed by atoms with van der Waals surface area (Å²) in [7, 11) is 4.76. The summed E-state index contributed by atoms with van der Waals surface area (Å²) in [5, 5.41) is 21.8. The summed E-state index contributed by atoms with van der Waals surface area (Å²) in [6, 6.07) is 13.0. The van der Waals surface area contributed by atoms with Crippen molar-refractivity contribution in [2.75, 3.05) is 32.8 Å². The van der Waals surface area contributed by atoms with Crippen LogP contribution in [-0.4, -0.2) is 43.8 Å². The van der Waals surface area contributed by atoms with Crippen LogP contribution in [0.5, 0.6) is 17.2 Å². The number of aromatic nitrogens is 1. The van der Waals surface area contributed by atoms with Crippen molar-refractivity contribution in [3.8, 4) is 28.5 Å². The lowest BCUT2D eigenvalue weighted by Crippen LogP contribution is -2.26. The third-order valence-corrected chi connectivity index (χ3v) is 5.73. The number of nitrogens with one attached hydrogen (secondary N) is 1. The molecule has 2 N–H and O–H groups in total. The normalized spacial score (nSPS) is 13.7. The minimum Gasteiger partial charge on any atom is -0.510 e. The van der Waals surface area contributed by atoms with E-state index < -0.39 is 0 Å². The monoisotopic (exact) mass is 423 g/mol. The van der Waals surface area contributed by atoms with Gasteiger partial charge in [0.05, 0.1) is 39.1 Å². The summed E-state index contributed by atoms with van der Waals surface area (Å²) in [5.41, 5.74) is 2.84. The molecule has 154 valence electrons. The second kappa shape index (κ2) is 8.08. The molecule has 1 aromatic heterocycles. The van der Waals surface area contributed by atoms with E-state index in [-0.39, 0.29) is 18.1 Å². The van der Waals surface area contributed by atoms with Crippen LogP contribution < -0.4 is 19.1 Å². The number of benzene rings is 2. The Morgan fingerprint density at radius 2 is 1.83 bits per heavy atom. The molecule has 1 aliphatic heterocycles. The summed E-state index contributed by atoms with van der Waals surface area (Å²) in [6.07, 6.45) is 0. The maximum atomic E-state index is 10.6. The Kier molecular flexibility index (Phi) is 5.33.